The maximum absolute atomic E-state index is 11.4. The number of aliphatic hydroxyl groups excluding tert-OH is 1. The number of rotatable bonds is 2. The number of carbonyl (C=O) groups excluding carboxylic acids is 1. The van der Waals surface area contributed by atoms with E-state index in [1.165, 1.54) is 11.0 Å². The predicted octanol–water partition coefficient (Wildman–Crippen LogP) is 1.01. The Morgan fingerprint density at radius 2 is 2.50 bits per heavy atom. The predicted molar refractivity (Wildman–Crippen MR) is 52.9 cm³/mol. The lowest BCUT2D eigenvalue weighted by atomic mass is 9.96. The molecule has 0 aromatic heterocycles. The van der Waals surface area contributed by atoms with E-state index in [9.17, 15) is 9.90 Å². The van der Waals surface area contributed by atoms with Crippen LogP contribution >= 0.6 is 0 Å². The fourth-order valence-electron chi connectivity index (χ4n) is 1.44. The number of carbonyl (C=O) groups is 1. The molecule has 2 atom stereocenters. The van der Waals surface area contributed by atoms with Gasteiger partial charge in [0.05, 0.1) is 12.6 Å². The Kier molecular flexibility index (Phi) is 3.95. The first kappa shape index (κ1) is 11.0. The minimum Gasteiger partial charge on any atom is -0.445 e. The molecule has 1 saturated heterocycles. The number of β-amino-alcohol motifs (C(OH)–C–C–N with tert-alkyl or cyclic N) is 1. The zero-order chi connectivity index (χ0) is 10.6. The van der Waals surface area contributed by atoms with E-state index in [-0.39, 0.29) is 18.6 Å². The van der Waals surface area contributed by atoms with E-state index >= 15 is 0 Å². The lowest BCUT2D eigenvalue weighted by Gasteiger charge is -2.33. The van der Waals surface area contributed by atoms with Gasteiger partial charge in [0, 0.05) is 6.54 Å². The highest BCUT2D eigenvalue weighted by atomic mass is 16.6. The average molecular weight is 199 g/mol. The number of aliphatic hydroxyl groups is 1. The van der Waals surface area contributed by atoms with Gasteiger partial charge in [0.2, 0.25) is 0 Å². The third kappa shape index (κ3) is 2.73. The maximum Gasteiger partial charge on any atom is 0.410 e. The molecule has 1 aliphatic rings. The highest BCUT2D eigenvalue weighted by Gasteiger charge is 2.27. The van der Waals surface area contributed by atoms with E-state index in [1.807, 2.05) is 6.92 Å². The van der Waals surface area contributed by atoms with Gasteiger partial charge in [-0.2, -0.15) is 0 Å². The van der Waals surface area contributed by atoms with Crippen LogP contribution in [0.1, 0.15) is 13.3 Å². The molecule has 0 radical (unpaired) electrons. The molecule has 1 heterocycles. The smallest absolute Gasteiger partial charge is 0.410 e. The summed E-state index contributed by atoms with van der Waals surface area (Å²) in [7, 11) is 0. The van der Waals surface area contributed by atoms with Gasteiger partial charge in [0.25, 0.3) is 0 Å². The number of hydrogen-bond acceptors (Lipinski definition) is 3. The quantitative estimate of drug-likeness (QED) is 0.675. The zero-order valence-electron chi connectivity index (χ0n) is 8.48. The summed E-state index contributed by atoms with van der Waals surface area (Å²) in [5.74, 6) is 0.262. The standard InChI is InChI=1S/C10H17NO3/c1-3-6-14-10(13)11-5-4-8(2)9(12)7-11/h3,8-9,12H,1,4-7H2,2H3. The summed E-state index contributed by atoms with van der Waals surface area (Å²) >= 11 is 0. The van der Waals surface area contributed by atoms with Gasteiger partial charge in [-0.05, 0) is 12.3 Å². The second-order valence-electron chi connectivity index (χ2n) is 3.64. The molecule has 1 N–H and O–H groups in total. The molecule has 0 spiro atoms. The topological polar surface area (TPSA) is 49.8 Å². The van der Waals surface area contributed by atoms with Crippen molar-refractivity contribution in [2.75, 3.05) is 19.7 Å². The van der Waals surface area contributed by atoms with Gasteiger partial charge in [-0.3, -0.25) is 0 Å². The number of nitrogens with zero attached hydrogens (tertiary/aromatic N) is 1. The van der Waals surface area contributed by atoms with Gasteiger partial charge in [0.15, 0.2) is 0 Å². The zero-order valence-corrected chi connectivity index (χ0v) is 8.48. The lowest BCUT2D eigenvalue weighted by Crippen LogP contribution is -2.46. The molecule has 4 nitrogen and oxygen atoms in total. The summed E-state index contributed by atoms with van der Waals surface area (Å²) < 4.78 is 4.87. The van der Waals surface area contributed by atoms with Crippen molar-refractivity contribution < 1.29 is 14.6 Å². The third-order valence-electron chi connectivity index (χ3n) is 2.50. The first-order chi connectivity index (χ1) is 6.65. The van der Waals surface area contributed by atoms with E-state index < -0.39 is 6.10 Å². The molecule has 1 aliphatic heterocycles. The molecule has 1 amide bonds. The third-order valence-corrected chi connectivity index (χ3v) is 2.50. The van der Waals surface area contributed by atoms with Crippen LogP contribution in [-0.2, 0) is 4.74 Å². The van der Waals surface area contributed by atoms with Gasteiger partial charge < -0.3 is 14.7 Å². The van der Waals surface area contributed by atoms with E-state index in [2.05, 4.69) is 6.58 Å². The Labute approximate surface area is 84.2 Å². The van der Waals surface area contributed by atoms with Crippen LogP contribution in [0, 0.1) is 5.92 Å². The SMILES string of the molecule is C=CCOC(=O)N1CCC(C)C(O)C1. The Morgan fingerprint density at radius 1 is 1.79 bits per heavy atom. The van der Waals surface area contributed by atoms with Gasteiger partial charge in [-0.1, -0.05) is 19.6 Å². The van der Waals surface area contributed by atoms with Crippen molar-refractivity contribution in [3.8, 4) is 0 Å². The minimum absolute atomic E-state index is 0.223. The molecular weight excluding hydrogens is 182 g/mol. The number of ether oxygens (including phenoxy) is 1. The molecule has 14 heavy (non-hydrogen) atoms. The van der Waals surface area contributed by atoms with Gasteiger partial charge in [-0.15, -0.1) is 0 Å². The molecule has 0 saturated carbocycles. The molecule has 4 heteroatoms. The molecule has 0 aromatic rings. The fourth-order valence-corrected chi connectivity index (χ4v) is 1.44. The Hall–Kier alpha value is -1.03. The number of likely N-dealkylation sites (tertiary alicyclic amines) is 1. The minimum atomic E-state index is -0.431. The van der Waals surface area contributed by atoms with E-state index in [4.69, 9.17) is 4.74 Å². The summed E-state index contributed by atoms with van der Waals surface area (Å²) in [5.41, 5.74) is 0. The van der Waals surface area contributed by atoms with Crippen molar-refractivity contribution in [3.63, 3.8) is 0 Å². The highest BCUT2D eigenvalue weighted by Crippen LogP contribution is 2.17. The van der Waals surface area contributed by atoms with Crippen molar-refractivity contribution in [3.05, 3.63) is 12.7 Å². The van der Waals surface area contributed by atoms with Gasteiger partial charge in [0.1, 0.15) is 6.61 Å². The number of piperidine rings is 1. The van der Waals surface area contributed by atoms with Crippen LogP contribution in [0.25, 0.3) is 0 Å². The van der Waals surface area contributed by atoms with Crippen LogP contribution in [0.15, 0.2) is 12.7 Å². The summed E-state index contributed by atoms with van der Waals surface area (Å²) in [5, 5.41) is 9.55. The van der Waals surface area contributed by atoms with Gasteiger partial charge in [-0.25, -0.2) is 4.79 Å². The molecule has 2 unspecified atom stereocenters. The number of amides is 1. The molecule has 0 aromatic carbocycles. The largest absolute Gasteiger partial charge is 0.445 e. The molecule has 0 aliphatic carbocycles. The lowest BCUT2D eigenvalue weighted by molar-refractivity contribution is 0.0237. The van der Waals surface area contributed by atoms with Crippen molar-refractivity contribution in [2.45, 2.75) is 19.4 Å². The molecule has 1 rings (SSSR count). The first-order valence-corrected chi connectivity index (χ1v) is 4.85. The summed E-state index contributed by atoms with van der Waals surface area (Å²) in [6.45, 7) is 6.70. The van der Waals surface area contributed by atoms with E-state index in [0.717, 1.165) is 6.42 Å². The van der Waals surface area contributed by atoms with Crippen molar-refractivity contribution >= 4 is 6.09 Å². The Bertz CT molecular complexity index is 217. The Balaban J connectivity index is 2.38. The van der Waals surface area contributed by atoms with Crippen LogP contribution in [0.2, 0.25) is 0 Å². The second-order valence-corrected chi connectivity index (χ2v) is 3.64. The first-order valence-electron chi connectivity index (χ1n) is 4.85. The average Bonchev–Trinajstić information content (AvgIpc) is 2.18. The van der Waals surface area contributed by atoms with Crippen LogP contribution in [-0.4, -0.2) is 41.9 Å². The monoisotopic (exact) mass is 199 g/mol. The summed E-state index contributed by atoms with van der Waals surface area (Å²) in [6, 6.07) is 0. The van der Waals surface area contributed by atoms with Crippen LogP contribution < -0.4 is 0 Å². The molecule has 80 valence electrons. The van der Waals surface area contributed by atoms with Crippen molar-refractivity contribution in [1.29, 1.82) is 0 Å². The van der Waals surface area contributed by atoms with Crippen LogP contribution in [0.5, 0.6) is 0 Å². The second kappa shape index (κ2) is 5.00. The van der Waals surface area contributed by atoms with Crippen molar-refractivity contribution in [1.82, 2.24) is 4.90 Å². The summed E-state index contributed by atoms with van der Waals surface area (Å²) in [6.07, 6.45) is 1.56. The number of hydrogen-bond donors (Lipinski definition) is 1. The Morgan fingerprint density at radius 3 is 3.07 bits per heavy atom. The normalized spacial score (nSPS) is 27.1. The van der Waals surface area contributed by atoms with E-state index in [1.54, 1.807) is 0 Å². The maximum atomic E-state index is 11.4. The van der Waals surface area contributed by atoms with Crippen LogP contribution in [0.4, 0.5) is 4.79 Å². The van der Waals surface area contributed by atoms with Crippen molar-refractivity contribution in [2.24, 2.45) is 5.92 Å². The highest BCUT2D eigenvalue weighted by molar-refractivity contribution is 5.67. The molecule has 0 bridgehead atoms. The molecule has 1 fully saturated rings. The molecular formula is C10H17NO3. The van der Waals surface area contributed by atoms with Gasteiger partial charge >= 0.3 is 6.09 Å². The van der Waals surface area contributed by atoms with E-state index in [0.29, 0.717) is 13.1 Å². The summed E-state index contributed by atoms with van der Waals surface area (Å²) in [4.78, 5) is 12.9. The van der Waals surface area contributed by atoms with Crippen LogP contribution in [0.3, 0.4) is 0 Å². The fraction of sp³-hybridized carbons (Fsp3) is 0.700.